The van der Waals surface area contributed by atoms with E-state index in [2.05, 4.69) is 58.0 Å². The van der Waals surface area contributed by atoms with Crippen molar-refractivity contribution in [3.05, 3.63) is 58.8 Å². The van der Waals surface area contributed by atoms with Gasteiger partial charge < -0.3 is 4.90 Å². The van der Waals surface area contributed by atoms with Crippen molar-refractivity contribution >= 4 is 11.4 Å². The molecule has 0 radical (unpaired) electrons. The molecule has 0 saturated heterocycles. The number of hydrogen-bond acceptors (Lipinski definition) is 6. The Morgan fingerprint density at radius 2 is 1.87 bits per heavy atom. The summed E-state index contributed by atoms with van der Waals surface area (Å²) in [6, 6.07) is 0.397. The number of aryl methyl sites for hydroxylation is 1. The molecule has 2 aromatic heterocycles. The third-order valence-corrected chi connectivity index (χ3v) is 5.33. The van der Waals surface area contributed by atoms with E-state index < -0.39 is 0 Å². The number of nitroso groups, excluding NO2 is 1. The first-order valence-electron chi connectivity index (χ1n) is 10.7. The lowest BCUT2D eigenvalue weighted by Gasteiger charge is -2.25. The fourth-order valence-corrected chi connectivity index (χ4v) is 3.65. The van der Waals surface area contributed by atoms with Gasteiger partial charge in [0.2, 0.25) is 0 Å². The fraction of sp³-hybridized carbons (Fsp3) is 0.500. The van der Waals surface area contributed by atoms with Gasteiger partial charge in [-0.25, -0.2) is 4.99 Å². The van der Waals surface area contributed by atoms with E-state index in [1.807, 2.05) is 36.5 Å². The smallest absolute Gasteiger partial charge is 0.0974 e. The molecule has 0 saturated carbocycles. The Morgan fingerprint density at radius 3 is 2.57 bits per heavy atom. The molecule has 3 rings (SSSR count). The van der Waals surface area contributed by atoms with Crippen LogP contribution in [0, 0.1) is 4.91 Å². The Labute approximate surface area is 178 Å². The highest BCUT2D eigenvalue weighted by atomic mass is 16.3. The lowest BCUT2D eigenvalue weighted by molar-refractivity contribution is 0.428. The Kier molecular flexibility index (Phi) is 7.32. The second-order valence-electron chi connectivity index (χ2n) is 7.46. The number of hydrogen-bond donors (Lipinski definition) is 0. The predicted molar refractivity (Wildman–Crippen MR) is 120 cm³/mol. The Balaban J connectivity index is 1.93. The third kappa shape index (κ3) is 4.75. The van der Waals surface area contributed by atoms with Crippen molar-refractivity contribution in [2.45, 2.75) is 59.0 Å². The lowest BCUT2D eigenvalue weighted by Crippen LogP contribution is -2.23. The Hall–Kier alpha value is -3.03. The van der Waals surface area contributed by atoms with E-state index >= 15 is 0 Å². The van der Waals surface area contributed by atoms with Crippen molar-refractivity contribution in [3.63, 3.8) is 0 Å². The van der Waals surface area contributed by atoms with Crippen LogP contribution in [-0.2, 0) is 6.54 Å². The van der Waals surface area contributed by atoms with Crippen molar-refractivity contribution in [2.24, 2.45) is 10.2 Å². The summed E-state index contributed by atoms with van der Waals surface area (Å²) in [5, 5.41) is 11.9. The van der Waals surface area contributed by atoms with Crippen LogP contribution in [-0.4, -0.2) is 43.8 Å². The van der Waals surface area contributed by atoms with Gasteiger partial charge in [-0.15, -0.1) is 0 Å². The topological polar surface area (TPSA) is 80.7 Å². The zero-order chi connectivity index (χ0) is 21.5. The van der Waals surface area contributed by atoms with Gasteiger partial charge in [0.05, 0.1) is 42.1 Å². The minimum Gasteiger partial charge on any atom is -0.347 e. The maximum atomic E-state index is 10.3. The molecule has 8 nitrogen and oxygen atoms in total. The normalized spacial score (nSPS) is 15.6. The van der Waals surface area contributed by atoms with Gasteiger partial charge in [-0.05, 0) is 25.7 Å². The van der Waals surface area contributed by atoms with Crippen LogP contribution in [0.4, 0.5) is 0 Å². The predicted octanol–water partition coefficient (Wildman–Crippen LogP) is 4.62. The van der Waals surface area contributed by atoms with E-state index in [9.17, 15) is 4.91 Å². The van der Waals surface area contributed by atoms with Crippen LogP contribution < -0.4 is 0 Å². The lowest BCUT2D eigenvalue weighted by atomic mass is 10.1. The van der Waals surface area contributed by atoms with E-state index in [-0.39, 0.29) is 0 Å². The first-order chi connectivity index (χ1) is 14.6. The third-order valence-electron chi connectivity index (χ3n) is 5.33. The number of aliphatic imine (C=N–C) groups is 1. The molecule has 0 atom stereocenters. The minimum atomic E-state index is 0.300. The molecule has 0 spiro atoms. The fourth-order valence-electron chi connectivity index (χ4n) is 3.65. The highest BCUT2D eigenvalue weighted by Crippen LogP contribution is 2.27. The summed E-state index contributed by atoms with van der Waals surface area (Å²) in [6.45, 7) is 7.47. The molecule has 0 unspecified atom stereocenters. The zero-order valence-corrected chi connectivity index (χ0v) is 18.3. The van der Waals surface area contributed by atoms with Gasteiger partial charge in [0.25, 0.3) is 0 Å². The highest BCUT2D eigenvalue weighted by molar-refractivity contribution is 6.15. The second kappa shape index (κ2) is 10.1. The standard InChI is InChI=1S/C22H31N7O/c1-5-9-21-22(18-13-24-29(15-18)19(6-2)7-3)26-20(16-27(21)4)17-12-23-28(14-17)11-8-10-25-30/h9,12-16,19H,5-8,10-11H2,1-4H3/b21-9-. The molecule has 1 aliphatic heterocycles. The summed E-state index contributed by atoms with van der Waals surface area (Å²) in [6.07, 6.45) is 15.7. The number of nitrogens with zero attached hydrogens (tertiary/aromatic N) is 7. The molecule has 1 aliphatic rings. The Bertz CT molecular complexity index is 946. The molecule has 8 heteroatoms. The highest BCUT2D eigenvalue weighted by Gasteiger charge is 2.22. The average molecular weight is 410 g/mol. The molecule has 0 aliphatic carbocycles. The number of likely N-dealkylation sites (N-methyl/N-ethyl adjacent to an activating group) is 1. The summed E-state index contributed by atoms with van der Waals surface area (Å²) >= 11 is 0. The van der Waals surface area contributed by atoms with E-state index in [0.717, 1.165) is 47.5 Å². The minimum absolute atomic E-state index is 0.300. The maximum absolute atomic E-state index is 10.3. The SMILES string of the molecule is CC/C=C1/C(c2cnn(C(CC)CC)c2)=NC(c2cnn(CCCN=O)c2)=CN1C. The Morgan fingerprint density at radius 1 is 1.10 bits per heavy atom. The van der Waals surface area contributed by atoms with Gasteiger partial charge in [0, 0.05) is 43.3 Å². The van der Waals surface area contributed by atoms with Crippen LogP contribution in [0.2, 0.25) is 0 Å². The summed E-state index contributed by atoms with van der Waals surface area (Å²) < 4.78 is 3.89. The van der Waals surface area contributed by atoms with Crippen molar-refractivity contribution < 1.29 is 0 Å². The van der Waals surface area contributed by atoms with E-state index in [1.54, 1.807) is 0 Å². The van der Waals surface area contributed by atoms with Crippen LogP contribution >= 0.6 is 0 Å². The first kappa shape index (κ1) is 21.7. The zero-order valence-electron chi connectivity index (χ0n) is 18.3. The van der Waals surface area contributed by atoms with Crippen LogP contribution in [0.5, 0.6) is 0 Å². The summed E-state index contributed by atoms with van der Waals surface area (Å²) in [5.74, 6) is 0. The second-order valence-corrected chi connectivity index (χ2v) is 7.46. The first-order valence-corrected chi connectivity index (χ1v) is 10.7. The maximum Gasteiger partial charge on any atom is 0.0974 e. The monoisotopic (exact) mass is 409 g/mol. The quantitative estimate of drug-likeness (QED) is 0.423. The van der Waals surface area contributed by atoms with Gasteiger partial charge in [0.1, 0.15) is 0 Å². The van der Waals surface area contributed by atoms with Crippen LogP contribution in [0.15, 0.2) is 52.9 Å². The average Bonchev–Trinajstić information content (AvgIpc) is 3.41. The van der Waals surface area contributed by atoms with Crippen LogP contribution in [0.3, 0.4) is 0 Å². The molecular formula is C22H31N7O. The molecule has 0 amide bonds. The summed E-state index contributed by atoms with van der Waals surface area (Å²) in [4.78, 5) is 17.4. The number of allylic oxidation sites excluding steroid dienone is 2. The van der Waals surface area contributed by atoms with Crippen LogP contribution in [0.1, 0.15) is 63.6 Å². The van der Waals surface area contributed by atoms with Gasteiger partial charge in [-0.2, -0.15) is 15.1 Å². The number of aromatic nitrogens is 4. The number of rotatable bonds is 10. The van der Waals surface area contributed by atoms with Crippen molar-refractivity contribution in [2.75, 3.05) is 13.6 Å². The van der Waals surface area contributed by atoms with Crippen LogP contribution in [0.25, 0.3) is 5.70 Å². The summed E-state index contributed by atoms with van der Waals surface area (Å²) in [7, 11) is 2.04. The molecule has 160 valence electrons. The van der Waals surface area contributed by atoms with Crippen molar-refractivity contribution in [3.8, 4) is 0 Å². The molecule has 30 heavy (non-hydrogen) atoms. The van der Waals surface area contributed by atoms with Gasteiger partial charge in [-0.1, -0.05) is 32.0 Å². The van der Waals surface area contributed by atoms with E-state index in [4.69, 9.17) is 4.99 Å². The molecule has 0 aromatic carbocycles. The molecule has 3 heterocycles. The summed E-state index contributed by atoms with van der Waals surface area (Å²) in [5.41, 5.74) is 4.82. The molecule has 2 aromatic rings. The van der Waals surface area contributed by atoms with E-state index in [1.165, 1.54) is 0 Å². The van der Waals surface area contributed by atoms with Gasteiger partial charge in [0.15, 0.2) is 0 Å². The molecule has 0 bridgehead atoms. The molecule has 0 fully saturated rings. The largest absolute Gasteiger partial charge is 0.347 e. The van der Waals surface area contributed by atoms with Gasteiger partial charge >= 0.3 is 0 Å². The molecule has 0 N–H and O–H groups in total. The van der Waals surface area contributed by atoms with Crippen molar-refractivity contribution in [1.29, 1.82) is 0 Å². The molecular weight excluding hydrogens is 378 g/mol. The van der Waals surface area contributed by atoms with Gasteiger partial charge in [-0.3, -0.25) is 9.36 Å². The van der Waals surface area contributed by atoms with E-state index in [0.29, 0.717) is 25.6 Å². The van der Waals surface area contributed by atoms with Crippen molar-refractivity contribution in [1.82, 2.24) is 24.5 Å².